The molecule has 232 valence electrons. The first-order valence-corrected chi connectivity index (χ1v) is 18.7. The number of fused-ring (bicyclic) bond motifs is 10. The molecule has 0 saturated heterocycles. The van der Waals surface area contributed by atoms with Crippen molar-refractivity contribution in [2.24, 2.45) is 0 Å². The average Bonchev–Trinajstić information content (AvgIpc) is 3.74. The third-order valence-corrected chi connectivity index (χ3v) is 12.7. The van der Waals surface area contributed by atoms with Gasteiger partial charge in [0.05, 0.1) is 0 Å². The quantitative estimate of drug-likeness (QED) is 0.164. The fourth-order valence-corrected chi connectivity index (χ4v) is 10.5. The van der Waals surface area contributed by atoms with Crippen molar-refractivity contribution in [1.82, 2.24) is 0 Å². The molecular formula is C48H28S2. The Hall–Kier alpha value is -5.80. The van der Waals surface area contributed by atoms with Gasteiger partial charge in [0.1, 0.15) is 0 Å². The van der Waals surface area contributed by atoms with Gasteiger partial charge >= 0.3 is 0 Å². The highest BCUT2D eigenvalue weighted by molar-refractivity contribution is 7.26. The molecule has 0 radical (unpaired) electrons. The second kappa shape index (κ2) is 10.9. The highest BCUT2D eigenvalue weighted by Crippen LogP contribution is 2.47. The molecule has 0 fully saturated rings. The summed E-state index contributed by atoms with van der Waals surface area (Å²) < 4.78 is 5.37. The number of thiophene rings is 2. The van der Waals surface area contributed by atoms with Gasteiger partial charge in [0.2, 0.25) is 0 Å². The molecule has 0 unspecified atom stereocenters. The van der Waals surface area contributed by atoms with E-state index in [1.807, 2.05) is 22.7 Å². The molecule has 0 aliphatic carbocycles. The summed E-state index contributed by atoms with van der Waals surface area (Å²) in [7, 11) is 0. The predicted octanol–water partition coefficient (Wildman–Crippen LogP) is 14.9. The van der Waals surface area contributed by atoms with Crippen molar-refractivity contribution in [3.05, 3.63) is 170 Å². The summed E-state index contributed by atoms with van der Waals surface area (Å²) in [6.07, 6.45) is 0. The summed E-state index contributed by atoms with van der Waals surface area (Å²) in [5, 5.41) is 13.2. The number of hydrogen-bond donors (Lipinski definition) is 0. The number of hydrogen-bond acceptors (Lipinski definition) is 2. The minimum atomic E-state index is 1.23. The monoisotopic (exact) mass is 668 g/mol. The van der Waals surface area contributed by atoms with Crippen molar-refractivity contribution in [2.75, 3.05) is 0 Å². The van der Waals surface area contributed by atoms with Crippen LogP contribution in [0.4, 0.5) is 0 Å². The molecule has 11 aromatic rings. The van der Waals surface area contributed by atoms with E-state index in [1.54, 1.807) is 0 Å². The third-order valence-electron chi connectivity index (χ3n) is 10.5. The van der Waals surface area contributed by atoms with E-state index in [0.717, 1.165) is 0 Å². The van der Waals surface area contributed by atoms with E-state index in [1.165, 1.54) is 106 Å². The highest BCUT2D eigenvalue weighted by Gasteiger charge is 2.18. The average molecular weight is 669 g/mol. The van der Waals surface area contributed by atoms with Crippen LogP contribution in [0.2, 0.25) is 0 Å². The molecule has 0 bridgehead atoms. The maximum absolute atomic E-state index is 2.44. The number of benzene rings is 9. The minimum Gasteiger partial charge on any atom is -0.135 e. The summed E-state index contributed by atoms with van der Waals surface area (Å²) in [5.41, 5.74) is 7.57. The zero-order chi connectivity index (χ0) is 32.8. The van der Waals surface area contributed by atoms with Gasteiger partial charge in [0.25, 0.3) is 0 Å². The molecule has 2 aromatic heterocycles. The van der Waals surface area contributed by atoms with Gasteiger partial charge in [-0.05, 0) is 96.0 Å². The molecule has 2 heterocycles. The van der Waals surface area contributed by atoms with Gasteiger partial charge in [0, 0.05) is 40.3 Å². The van der Waals surface area contributed by atoms with Crippen molar-refractivity contribution >= 4 is 95.3 Å². The van der Waals surface area contributed by atoms with Crippen LogP contribution in [0.1, 0.15) is 0 Å². The van der Waals surface area contributed by atoms with Crippen LogP contribution in [-0.4, -0.2) is 0 Å². The normalized spacial score (nSPS) is 12.0. The first kappa shape index (κ1) is 28.1. The van der Waals surface area contributed by atoms with Gasteiger partial charge in [-0.3, -0.25) is 0 Å². The van der Waals surface area contributed by atoms with E-state index in [9.17, 15) is 0 Å². The summed E-state index contributed by atoms with van der Waals surface area (Å²) in [5.74, 6) is 0. The van der Waals surface area contributed by atoms with Crippen LogP contribution in [0.3, 0.4) is 0 Å². The maximum Gasteiger partial charge on any atom is 0.0361 e. The zero-order valence-electron chi connectivity index (χ0n) is 27.0. The van der Waals surface area contributed by atoms with Gasteiger partial charge in [0.15, 0.2) is 0 Å². The Kier molecular flexibility index (Phi) is 6.09. The largest absolute Gasteiger partial charge is 0.135 e. The van der Waals surface area contributed by atoms with E-state index in [0.29, 0.717) is 0 Å². The first-order chi connectivity index (χ1) is 24.8. The van der Waals surface area contributed by atoms with Crippen molar-refractivity contribution in [1.29, 1.82) is 0 Å². The third kappa shape index (κ3) is 4.16. The number of rotatable bonds is 3. The van der Waals surface area contributed by atoms with Gasteiger partial charge in [-0.1, -0.05) is 140 Å². The molecule has 0 saturated carbocycles. The lowest BCUT2D eigenvalue weighted by Gasteiger charge is -2.18. The van der Waals surface area contributed by atoms with Crippen LogP contribution in [0.25, 0.3) is 106 Å². The molecule has 0 nitrogen and oxygen atoms in total. The lowest BCUT2D eigenvalue weighted by molar-refractivity contribution is 1.61. The predicted molar refractivity (Wildman–Crippen MR) is 221 cm³/mol. The Bertz CT molecular complexity index is 3070. The molecule has 0 atom stereocenters. The maximum atomic E-state index is 2.44. The van der Waals surface area contributed by atoms with E-state index in [4.69, 9.17) is 0 Å². The molecular weight excluding hydrogens is 641 g/mol. The molecule has 2 heteroatoms. The molecule has 0 aliphatic rings. The SMILES string of the molecule is c1ccc(-c2ccc(-c3c4ccccc4c(-c4ccc5c(c4)sc4ccc6cc7sc8ccccc8c7cc6c45)c4ccccc34)cc2)cc1. The summed E-state index contributed by atoms with van der Waals surface area (Å²) in [6, 6.07) is 63.1. The highest BCUT2D eigenvalue weighted by atomic mass is 32.1. The minimum absolute atomic E-state index is 1.23. The van der Waals surface area contributed by atoms with Gasteiger partial charge in [-0.15, -0.1) is 22.7 Å². The topological polar surface area (TPSA) is 0 Å². The van der Waals surface area contributed by atoms with E-state index >= 15 is 0 Å². The smallest absolute Gasteiger partial charge is 0.0361 e. The van der Waals surface area contributed by atoms with Crippen molar-refractivity contribution in [3.63, 3.8) is 0 Å². The van der Waals surface area contributed by atoms with Crippen LogP contribution in [0, 0.1) is 0 Å². The Morgan fingerprint density at radius 1 is 0.260 bits per heavy atom. The van der Waals surface area contributed by atoms with Crippen LogP contribution < -0.4 is 0 Å². The molecule has 9 aromatic carbocycles. The van der Waals surface area contributed by atoms with E-state index in [-0.39, 0.29) is 0 Å². The fraction of sp³-hybridized carbons (Fsp3) is 0. The lowest BCUT2D eigenvalue weighted by atomic mass is 9.85. The van der Waals surface area contributed by atoms with Crippen LogP contribution >= 0.6 is 22.7 Å². The Balaban J connectivity index is 1.13. The van der Waals surface area contributed by atoms with Gasteiger partial charge in [-0.25, -0.2) is 0 Å². The van der Waals surface area contributed by atoms with Gasteiger partial charge in [-0.2, -0.15) is 0 Å². The zero-order valence-corrected chi connectivity index (χ0v) is 28.6. The second-order valence-electron chi connectivity index (χ2n) is 13.2. The van der Waals surface area contributed by atoms with E-state index < -0.39 is 0 Å². The summed E-state index contributed by atoms with van der Waals surface area (Å²) >= 11 is 3.80. The van der Waals surface area contributed by atoms with Crippen LogP contribution in [-0.2, 0) is 0 Å². The van der Waals surface area contributed by atoms with Crippen molar-refractivity contribution in [2.45, 2.75) is 0 Å². The molecule has 0 aliphatic heterocycles. The fourth-order valence-electron chi connectivity index (χ4n) is 8.18. The molecule has 11 rings (SSSR count). The molecule has 50 heavy (non-hydrogen) atoms. The summed E-state index contributed by atoms with van der Waals surface area (Å²) in [6.45, 7) is 0. The van der Waals surface area contributed by atoms with E-state index in [2.05, 4.69) is 170 Å². The first-order valence-electron chi connectivity index (χ1n) is 17.1. The Labute approximate surface area is 297 Å². The molecule has 0 N–H and O–H groups in total. The summed E-state index contributed by atoms with van der Waals surface area (Å²) in [4.78, 5) is 0. The van der Waals surface area contributed by atoms with Crippen molar-refractivity contribution in [3.8, 4) is 33.4 Å². The van der Waals surface area contributed by atoms with Crippen LogP contribution in [0.5, 0.6) is 0 Å². The Morgan fingerprint density at radius 2 is 0.800 bits per heavy atom. The Morgan fingerprint density at radius 3 is 1.52 bits per heavy atom. The van der Waals surface area contributed by atoms with Crippen LogP contribution in [0.15, 0.2) is 170 Å². The van der Waals surface area contributed by atoms with Crippen molar-refractivity contribution < 1.29 is 0 Å². The molecule has 0 spiro atoms. The standard InChI is InChI=1S/C48H28S2/c1-2-10-29(11-3-1)30-18-20-31(21-19-30)46-35-13-4-6-15-37(35)47(38-16-7-5-14-36(38)46)33-22-24-39-44(27-33)50-43-25-23-32-26-45-41(28-40(32)48(39)43)34-12-8-9-17-42(34)49-45/h1-28H. The van der Waals surface area contributed by atoms with Gasteiger partial charge < -0.3 is 0 Å². The molecule has 0 amide bonds. The lowest BCUT2D eigenvalue weighted by Crippen LogP contribution is -1.91. The second-order valence-corrected chi connectivity index (χ2v) is 15.4.